The second-order valence-corrected chi connectivity index (χ2v) is 7.16. The molecule has 4 aromatic rings. The van der Waals surface area contributed by atoms with Crippen LogP contribution in [0, 0.1) is 0 Å². The molecule has 0 radical (unpaired) electrons. The van der Waals surface area contributed by atoms with Crippen molar-refractivity contribution in [3.63, 3.8) is 0 Å². The molecule has 0 aliphatic rings. The molecule has 2 amide bonds. The molecule has 0 aliphatic heterocycles. The first-order valence-electron chi connectivity index (χ1n) is 10.4. The maximum atomic E-state index is 12.8. The summed E-state index contributed by atoms with van der Waals surface area (Å²) in [7, 11) is 0. The largest absolute Gasteiger partial charge is 0.361 e. The summed E-state index contributed by atoms with van der Waals surface area (Å²) in [6, 6.07) is 26.2. The van der Waals surface area contributed by atoms with E-state index in [1.54, 1.807) is 42.6 Å². The number of carbonyl (C=O) groups is 2. The number of nitrogens with one attached hydrogen (secondary N) is 3. The van der Waals surface area contributed by atoms with E-state index in [-0.39, 0.29) is 11.6 Å². The van der Waals surface area contributed by atoms with Crippen molar-refractivity contribution in [3.05, 3.63) is 126 Å². The van der Waals surface area contributed by atoms with Gasteiger partial charge in [0.25, 0.3) is 11.8 Å². The lowest BCUT2D eigenvalue weighted by molar-refractivity contribution is -0.117. The zero-order valence-corrected chi connectivity index (χ0v) is 17.7. The summed E-state index contributed by atoms with van der Waals surface area (Å²) in [5.41, 5.74) is 5.81. The van der Waals surface area contributed by atoms with Crippen molar-refractivity contribution in [2.45, 2.75) is 0 Å². The number of rotatable bonds is 7. The minimum Gasteiger partial charge on any atom is -0.361 e. The van der Waals surface area contributed by atoms with Crippen LogP contribution in [0.5, 0.6) is 0 Å². The van der Waals surface area contributed by atoms with Crippen molar-refractivity contribution in [2.24, 2.45) is 5.10 Å². The van der Waals surface area contributed by atoms with E-state index in [9.17, 15) is 9.59 Å². The number of fused-ring (bicyclic) bond motifs is 1. The molecule has 162 valence electrons. The molecule has 3 N–H and O–H groups in total. The molecular formula is C27H22N4O2. The van der Waals surface area contributed by atoms with Crippen molar-refractivity contribution in [1.29, 1.82) is 0 Å². The molecule has 0 saturated heterocycles. The summed E-state index contributed by atoms with van der Waals surface area (Å²) in [4.78, 5) is 28.6. The minimum absolute atomic E-state index is 0.0760. The van der Waals surface area contributed by atoms with Gasteiger partial charge in [0, 0.05) is 28.2 Å². The van der Waals surface area contributed by atoms with E-state index in [0.29, 0.717) is 5.56 Å². The SMILES string of the molecule is O=C(N/N=C\c1c[nH]c2ccccc12)/C(=C/C=C/c1ccccc1)NC(=O)c1ccccc1. The van der Waals surface area contributed by atoms with Gasteiger partial charge in [-0.15, -0.1) is 0 Å². The van der Waals surface area contributed by atoms with Gasteiger partial charge in [0.15, 0.2) is 0 Å². The number of hydrogen-bond acceptors (Lipinski definition) is 3. The monoisotopic (exact) mass is 434 g/mol. The lowest BCUT2D eigenvalue weighted by Crippen LogP contribution is -2.32. The molecule has 1 heterocycles. The fraction of sp³-hybridized carbons (Fsp3) is 0. The molecule has 4 rings (SSSR count). The normalized spacial score (nSPS) is 11.8. The molecule has 0 saturated carbocycles. The van der Waals surface area contributed by atoms with Gasteiger partial charge in [-0.1, -0.05) is 78.9 Å². The van der Waals surface area contributed by atoms with Crippen LogP contribution in [0.4, 0.5) is 0 Å². The van der Waals surface area contributed by atoms with Crippen LogP contribution < -0.4 is 10.7 Å². The predicted octanol–water partition coefficient (Wildman–Crippen LogP) is 4.65. The average molecular weight is 434 g/mol. The van der Waals surface area contributed by atoms with Crippen LogP contribution in [0.3, 0.4) is 0 Å². The van der Waals surface area contributed by atoms with E-state index in [0.717, 1.165) is 22.0 Å². The first kappa shape index (κ1) is 21.5. The summed E-state index contributed by atoms with van der Waals surface area (Å²) in [5, 5.41) is 7.74. The topological polar surface area (TPSA) is 86.3 Å². The lowest BCUT2D eigenvalue weighted by Gasteiger charge is -2.08. The van der Waals surface area contributed by atoms with Crippen molar-refractivity contribution in [1.82, 2.24) is 15.7 Å². The highest BCUT2D eigenvalue weighted by molar-refractivity contribution is 6.04. The van der Waals surface area contributed by atoms with E-state index in [4.69, 9.17) is 0 Å². The van der Waals surface area contributed by atoms with Crippen LogP contribution in [0.2, 0.25) is 0 Å². The molecule has 0 atom stereocenters. The minimum atomic E-state index is -0.534. The smallest absolute Gasteiger partial charge is 0.287 e. The van der Waals surface area contributed by atoms with Crippen molar-refractivity contribution >= 4 is 35.0 Å². The number of hydrazone groups is 1. The number of carbonyl (C=O) groups excluding carboxylic acids is 2. The summed E-state index contributed by atoms with van der Waals surface area (Å²) >= 11 is 0. The Bertz CT molecular complexity index is 1340. The van der Waals surface area contributed by atoms with E-state index in [1.807, 2.05) is 72.9 Å². The number of allylic oxidation sites excluding steroid dienone is 2. The number of H-pyrrole nitrogens is 1. The van der Waals surface area contributed by atoms with Crippen LogP contribution in [-0.2, 0) is 4.79 Å². The number of aromatic amines is 1. The highest BCUT2D eigenvalue weighted by atomic mass is 16.2. The van der Waals surface area contributed by atoms with Gasteiger partial charge in [-0.25, -0.2) is 5.43 Å². The summed E-state index contributed by atoms with van der Waals surface area (Å²) in [5.74, 6) is -0.918. The van der Waals surface area contributed by atoms with E-state index < -0.39 is 5.91 Å². The summed E-state index contributed by atoms with van der Waals surface area (Å²) < 4.78 is 0. The Morgan fingerprint density at radius 2 is 1.55 bits per heavy atom. The van der Waals surface area contributed by atoms with Crippen molar-refractivity contribution in [2.75, 3.05) is 0 Å². The Morgan fingerprint density at radius 1 is 0.848 bits per heavy atom. The maximum Gasteiger partial charge on any atom is 0.287 e. The molecule has 0 unspecified atom stereocenters. The van der Waals surface area contributed by atoms with Crippen LogP contribution in [0.1, 0.15) is 21.5 Å². The molecule has 3 aromatic carbocycles. The molecule has 33 heavy (non-hydrogen) atoms. The fourth-order valence-electron chi connectivity index (χ4n) is 3.20. The first-order valence-corrected chi connectivity index (χ1v) is 10.4. The second-order valence-electron chi connectivity index (χ2n) is 7.16. The Hall–Kier alpha value is -4.71. The predicted molar refractivity (Wildman–Crippen MR) is 132 cm³/mol. The number of para-hydroxylation sites is 1. The quantitative estimate of drug-likeness (QED) is 0.171. The molecular weight excluding hydrogens is 412 g/mol. The van der Waals surface area contributed by atoms with E-state index in [2.05, 4.69) is 20.8 Å². The van der Waals surface area contributed by atoms with Gasteiger partial charge in [0.05, 0.1) is 6.21 Å². The van der Waals surface area contributed by atoms with Gasteiger partial charge < -0.3 is 10.3 Å². The van der Waals surface area contributed by atoms with Gasteiger partial charge in [-0.2, -0.15) is 5.10 Å². The zero-order valence-electron chi connectivity index (χ0n) is 17.7. The molecule has 0 bridgehead atoms. The Kier molecular flexibility index (Phi) is 6.88. The zero-order chi connectivity index (χ0) is 22.9. The highest BCUT2D eigenvalue weighted by Gasteiger charge is 2.13. The van der Waals surface area contributed by atoms with Crippen LogP contribution in [0.15, 0.2) is 114 Å². The molecule has 0 aliphatic carbocycles. The number of hydrogen-bond donors (Lipinski definition) is 3. The molecule has 0 fully saturated rings. The van der Waals surface area contributed by atoms with E-state index >= 15 is 0 Å². The Balaban J connectivity index is 1.51. The van der Waals surface area contributed by atoms with E-state index in [1.165, 1.54) is 0 Å². The molecule has 0 spiro atoms. The van der Waals surface area contributed by atoms with Gasteiger partial charge in [0.2, 0.25) is 0 Å². The van der Waals surface area contributed by atoms with Crippen molar-refractivity contribution < 1.29 is 9.59 Å². The maximum absolute atomic E-state index is 12.8. The van der Waals surface area contributed by atoms with Crippen LogP contribution in [-0.4, -0.2) is 23.0 Å². The summed E-state index contributed by atoms with van der Waals surface area (Å²) in [6.07, 6.45) is 8.48. The third-order valence-electron chi connectivity index (χ3n) is 4.87. The molecule has 6 heteroatoms. The van der Waals surface area contributed by atoms with Gasteiger partial charge in [0.1, 0.15) is 5.70 Å². The third-order valence-corrected chi connectivity index (χ3v) is 4.87. The number of nitrogens with zero attached hydrogens (tertiary/aromatic N) is 1. The fourth-order valence-corrected chi connectivity index (χ4v) is 3.20. The number of amides is 2. The number of aromatic nitrogens is 1. The number of benzene rings is 3. The molecule has 6 nitrogen and oxygen atoms in total. The molecule has 1 aromatic heterocycles. The average Bonchev–Trinajstić information content (AvgIpc) is 3.27. The van der Waals surface area contributed by atoms with Gasteiger partial charge in [-0.05, 0) is 29.8 Å². The van der Waals surface area contributed by atoms with Crippen LogP contribution in [0.25, 0.3) is 17.0 Å². The van der Waals surface area contributed by atoms with Gasteiger partial charge in [-0.3, -0.25) is 9.59 Å². The summed E-state index contributed by atoms with van der Waals surface area (Å²) in [6.45, 7) is 0. The van der Waals surface area contributed by atoms with Gasteiger partial charge >= 0.3 is 0 Å². The second kappa shape index (κ2) is 10.5. The Labute approximate surface area is 191 Å². The Morgan fingerprint density at radius 3 is 2.33 bits per heavy atom. The highest BCUT2D eigenvalue weighted by Crippen LogP contribution is 2.15. The standard InChI is InChI=1S/C27H22N4O2/c32-26(21-13-5-2-6-14-21)30-25(17-9-12-20-10-3-1-4-11-20)27(33)31-29-19-22-18-28-24-16-8-7-15-23(22)24/h1-19,28H,(H,30,32)(H,31,33)/b12-9+,25-17-,29-19-. The van der Waals surface area contributed by atoms with Crippen molar-refractivity contribution in [3.8, 4) is 0 Å². The third kappa shape index (κ3) is 5.71. The lowest BCUT2D eigenvalue weighted by atomic mass is 10.2. The van der Waals surface area contributed by atoms with Crippen LogP contribution >= 0.6 is 0 Å². The first-order chi connectivity index (χ1) is 16.2.